The first-order valence-electron chi connectivity index (χ1n) is 6.46. The lowest BCUT2D eigenvalue weighted by molar-refractivity contribution is -0.118. The van der Waals surface area contributed by atoms with Gasteiger partial charge in [0, 0.05) is 12.6 Å². The Balaban J connectivity index is 1.79. The summed E-state index contributed by atoms with van der Waals surface area (Å²) < 4.78 is 13.9. The Bertz CT molecular complexity index is 562. The Kier molecular flexibility index (Phi) is 2.96. The van der Waals surface area contributed by atoms with Crippen LogP contribution in [0.5, 0.6) is 0 Å². The molecule has 4 nitrogen and oxygen atoms in total. The molecule has 1 N–H and O–H groups in total. The highest BCUT2D eigenvalue weighted by Crippen LogP contribution is 2.27. The topological polar surface area (TPSA) is 56.1 Å². The van der Waals surface area contributed by atoms with Crippen LogP contribution in [0.15, 0.2) is 18.2 Å². The SMILES string of the molecule is N#Cc1ccc(N2CCC(NC3CC3)C2=O)c(F)c1. The molecule has 5 heteroatoms. The zero-order chi connectivity index (χ0) is 13.4. The Hall–Kier alpha value is -1.93. The summed E-state index contributed by atoms with van der Waals surface area (Å²) in [6, 6.07) is 6.36. The van der Waals surface area contributed by atoms with E-state index in [1.165, 1.54) is 23.1 Å². The van der Waals surface area contributed by atoms with Crippen molar-refractivity contribution in [2.45, 2.75) is 31.3 Å². The van der Waals surface area contributed by atoms with E-state index in [0.29, 0.717) is 19.0 Å². The summed E-state index contributed by atoms with van der Waals surface area (Å²) in [5, 5.41) is 12.0. The van der Waals surface area contributed by atoms with Gasteiger partial charge in [0.05, 0.1) is 23.4 Å². The van der Waals surface area contributed by atoms with Gasteiger partial charge < -0.3 is 10.2 Å². The van der Waals surface area contributed by atoms with Crippen molar-refractivity contribution in [3.05, 3.63) is 29.6 Å². The standard InChI is InChI=1S/C14H14FN3O/c15-11-7-9(8-16)1-4-13(11)18-6-5-12(14(18)19)17-10-2-3-10/h1,4,7,10,12,17H,2-3,5-6H2. The molecule has 2 aliphatic rings. The quantitative estimate of drug-likeness (QED) is 0.896. The molecule has 98 valence electrons. The second kappa shape index (κ2) is 4.63. The third-order valence-electron chi connectivity index (χ3n) is 3.59. The lowest BCUT2D eigenvalue weighted by Crippen LogP contribution is -2.39. The molecule has 2 fully saturated rings. The van der Waals surface area contributed by atoms with Crippen LogP contribution in [0.2, 0.25) is 0 Å². The van der Waals surface area contributed by atoms with Gasteiger partial charge in [-0.1, -0.05) is 0 Å². The molecule has 19 heavy (non-hydrogen) atoms. The molecule has 0 bridgehead atoms. The van der Waals surface area contributed by atoms with Gasteiger partial charge in [-0.2, -0.15) is 5.26 Å². The Morgan fingerprint density at radius 2 is 2.16 bits per heavy atom. The molecule has 1 aromatic rings. The normalized spacial score (nSPS) is 22.6. The number of carbonyl (C=O) groups is 1. The van der Waals surface area contributed by atoms with Crippen LogP contribution in [-0.4, -0.2) is 24.5 Å². The van der Waals surface area contributed by atoms with Crippen LogP contribution < -0.4 is 10.2 Å². The second-order valence-corrected chi connectivity index (χ2v) is 5.05. The number of nitrogens with one attached hydrogen (secondary N) is 1. The van der Waals surface area contributed by atoms with Crippen molar-refractivity contribution in [3.63, 3.8) is 0 Å². The number of benzene rings is 1. The number of carbonyl (C=O) groups excluding carboxylic acids is 1. The minimum Gasteiger partial charge on any atom is -0.308 e. The molecule has 0 spiro atoms. The summed E-state index contributed by atoms with van der Waals surface area (Å²) in [7, 11) is 0. The van der Waals surface area contributed by atoms with Crippen molar-refractivity contribution in [2.75, 3.05) is 11.4 Å². The Morgan fingerprint density at radius 3 is 2.79 bits per heavy atom. The van der Waals surface area contributed by atoms with Crippen LogP contribution in [-0.2, 0) is 4.79 Å². The smallest absolute Gasteiger partial charge is 0.244 e. The third kappa shape index (κ3) is 2.32. The minimum atomic E-state index is -0.514. The van der Waals surface area contributed by atoms with E-state index >= 15 is 0 Å². The minimum absolute atomic E-state index is 0.0736. The van der Waals surface area contributed by atoms with Gasteiger partial charge >= 0.3 is 0 Å². The Morgan fingerprint density at radius 1 is 1.37 bits per heavy atom. The molecule has 1 aliphatic heterocycles. The van der Waals surface area contributed by atoms with Gasteiger partial charge in [-0.3, -0.25) is 4.79 Å². The number of rotatable bonds is 3. The molecule has 1 unspecified atom stereocenters. The van der Waals surface area contributed by atoms with Gasteiger partial charge in [-0.05, 0) is 37.5 Å². The maximum Gasteiger partial charge on any atom is 0.244 e. The van der Waals surface area contributed by atoms with Gasteiger partial charge in [-0.25, -0.2) is 4.39 Å². The van der Waals surface area contributed by atoms with E-state index in [1.54, 1.807) is 0 Å². The molecule has 1 amide bonds. The van der Waals surface area contributed by atoms with E-state index in [0.717, 1.165) is 12.8 Å². The van der Waals surface area contributed by atoms with Crippen LogP contribution >= 0.6 is 0 Å². The molecule has 0 radical (unpaired) electrons. The molecule has 1 aromatic carbocycles. The lowest BCUT2D eigenvalue weighted by Gasteiger charge is -2.18. The monoisotopic (exact) mass is 259 g/mol. The summed E-state index contributed by atoms with van der Waals surface area (Å²) in [6.45, 7) is 0.520. The van der Waals surface area contributed by atoms with Crippen molar-refractivity contribution in [3.8, 4) is 6.07 Å². The van der Waals surface area contributed by atoms with Crippen molar-refractivity contribution < 1.29 is 9.18 Å². The molecule has 1 heterocycles. The average Bonchev–Trinajstić information content (AvgIpc) is 3.15. The maximum absolute atomic E-state index is 13.9. The fraction of sp³-hybridized carbons (Fsp3) is 0.429. The molecule has 1 saturated heterocycles. The van der Waals surface area contributed by atoms with Gasteiger partial charge in [-0.15, -0.1) is 0 Å². The number of amides is 1. The predicted octanol–water partition coefficient (Wildman–Crippen LogP) is 1.55. The molecule has 1 aliphatic carbocycles. The maximum atomic E-state index is 13.9. The summed E-state index contributed by atoms with van der Waals surface area (Å²) in [5.41, 5.74) is 0.532. The van der Waals surface area contributed by atoms with E-state index in [-0.39, 0.29) is 23.2 Å². The second-order valence-electron chi connectivity index (χ2n) is 5.05. The highest BCUT2D eigenvalue weighted by Gasteiger charge is 2.36. The number of nitriles is 1. The molecular weight excluding hydrogens is 245 g/mol. The summed E-state index contributed by atoms with van der Waals surface area (Å²) in [6.07, 6.45) is 2.94. The predicted molar refractivity (Wildman–Crippen MR) is 68.0 cm³/mol. The highest BCUT2D eigenvalue weighted by atomic mass is 19.1. The number of halogens is 1. The summed E-state index contributed by atoms with van der Waals surface area (Å²) in [5.74, 6) is -0.588. The van der Waals surface area contributed by atoms with Gasteiger partial charge in [0.15, 0.2) is 0 Å². The van der Waals surface area contributed by atoms with Gasteiger partial charge in [0.25, 0.3) is 0 Å². The first-order valence-corrected chi connectivity index (χ1v) is 6.46. The summed E-state index contributed by atoms with van der Waals surface area (Å²) in [4.78, 5) is 13.7. The fourth-order valence-corrected chi connectivity index (χ4v) is 2.40. The number of nitrogens with zero attached hydrogens (tertiary/aromatic N) is 2. The third-order valence-corrected chi connectivity index (χ3v) is 3.59. The summed E-state index contributed by atoms with van der Waals surface area (Å²) >= 11 is 0. The lowest BCUT2D eigenvalue weighted by atomic mass is 10.2. The molecular formula is C14H14FN3O. The highest BCUT2D eigenvalue weighted by molar-refractivity contribution is 5.99. The van der Waals surface area contributed by atoms with Crippen molar-refractivity contribution in [2.24, 2.45) is 0 Å². The fourth-order valence-electron chi connectivity index (χ4n) is 2.40. The molecule has 3 rings (SSSR count). The van der Waals surface area contributed by atoms with Crippen LogP contribution in [0.3, 0.4) is 0 Å². The van der Waals surface area contributed by atoms with E-state index in [4.69, 9.17) is 5.26 Å². The molecule has 1 saturated carbocycles. The van der Waals surface area contributed by atoms with Crippen LogP contribution in [0.25, 0.3) is 0 Å². The van der Waals surface area contributed by atoms with Crippen LogP contribution in [0, 0.1) is 17.1 Å². The van der Waals surface area contributed by atoms with E-state index in [9.17, 15) is 9.18 Å². The van der Waals surface area contributed by atoms with E-state index in [2.05, 4.69) is 5.32 Å². The molecule has 1 atom stereocenters. The largest absolute Gasteiger partial charge is 0.308 e. The van der Waals surface area contributed by atoms with E-state index in [1.807, 2.05) is 6.07 Å². The number of hydrogen-bond acceptors (Lipinski definition) is 3. The van der Waals surface area contributed by atoms with Gasteiger partial charge in [0.1, 0.15) is 5.82 Å². The zero-order valence-electron chi connectivity index (χ0n) is 10.4. The van der Waals surface area contributed by atoms with Crippen molar-refractivity contribution >= 4 is 11.6 Å². The number of anilines is 1. The first-order chi connectivity index (χ1) is 9.19. The first kappa shape index (κ1) is 12.1. The van der Waals surface area contributed by atoms with Crippen molar-refractivity contribution in [1.29, 1.82) is 5.26 Å². The zero-order valence-corrected chi connectivity index (χ0v) is 10.4. The number of hydrogen-bond donors (Lipinski definition) is 1. The van der Waals surface area contributed by atoms with Crippen LogP contribution in [0.1, 0.15) is 24.8 Å². The van der Waals surface area contributed by atoms with Crippen LogP contribution in [0.4, 0.5) is 10.1 Å². The van der Waals surface area contributed by atoms with E-state index < -0.39 is 5.82 Å². The van der Waals surface area contributed by atoms with Crippen molar-refractivity contribution in [1.82, 2.24) is 5.32 Å². The van der Waals surface area contributed by atoms with Gasteiger partial charge in [0.2, 0.25) is 5.91 Å². The molecule has 0 aromatic heterocycles. The average molecular weight is 259 g/mol. The Labute approximate surface area is 110 Å².